The van der Waals surface area contributed by atoms with Crippen LogP contribution in [0.25, 0.3) is 0 Å². The normalized spacial score (nSPS) is 24.4. The van der Waals surface area contributed by atoms with Crippen LogP contribution in [0.1, 0.15) is 5.56 Å². The van der Waals surface area contributed by atoms with Crippen LogP contribution in [0.2, 0.25) is 0 Å². The van der Waals surface area contributed by atoms with E-state index in [4.69, 9.17) is 18.9 Å². The predicted octanol–water partition coefficient (Wildman–Crippen LogP) is 4.20. The largest absolute Gasteiger partial charge is 0.466 e. The Balaban J connectivity index is 2.08. The first-order valence-corrected chi connectivity index (χ1v) is 11.9. The van der Waals surface area contributed by atoms with Gasteiger partial charge >= 0.3 is 11.9 Å². The molecule has 1 aromatic rings. The number of hydrogen-bond acceptors (Lipinski definition) is 9. The quantitative estimate of drug-likeness (QED) is 0.539. The molecular weight excluding hydrogens is 506 g/mol. The van der Waals surface area contributed by atoms with Gasteiger partial charge in [-0.2, -0.15) is 0 Å². The van der Waals surface area contributed by atoms with Gasteiger partial charge in [-0.3, -0.25) is 4.90 Å². The molecule has 3 aliphatic rings. The van der Waals surface area contributed by atoms with Gasteiger partial charge in [-0.15, -0.1) is 11.8 Å². The number of ether oxygens (including phenoxy) is 4. The van der Waals surface area contributed by atoms with E-state index < -0.39 is 24.0 Å². The van der Waals surface area contributed by atoms with Crippen molar-refractivity contribution in [1.82, 2.24) is 4.90 Å². The zero-order valence-corrected chi connectivity index (χ0v) is 20.0. The van der Waals surface area contributed by atoms with E-state index in [9.17, 15) is 9.59 Å². The van der Waals surface area contributed by atoms with Gasteiger partial charge in [0.25, 0.3) is 6.41 Å². The van der Waals surface area contributed by atoms with E-state index in [0.29, 0.717) is 11.3 Å². The second kappa shape index (κ2) is 8.78. The molecule has 10 heteroatoms. The van der Waals surface area contributed by atoms with Gasteiger partial charge in [-0.1, -0.05) is 39.8 Å². The fraction of sp³-hybridized carbons (Fsp3) is 0.238. The van der Waals surface area contributed by atoms with E-state index in [-0.39, 0.29) is 10.5 Å². The zero-order chi connectivity index (χ0) is 22.2. The highest BCUT2D eigenvalue weighted by Gasteiger charge is 2.61. The minimum Gasteiger partial charge on any atom is -0.466 e. The molecule has 2 atom stereocenters. The van der Waals surface area contributed by atoms with E-state index in [1.54, 1.807) is 6.08 Å². The summed E-state index contributed by atoms with van der Waals surface area (Å²) in [5.74, 6) is -1.33. The van der Waals surface area contributed by atoms with Gasteiger partial charge in [0.2, 0.25) is 0 Å². The molecule has 0 aromatic heterocycles. The van der Waals surface area contributed by atoms with Crippen molar-refractivity contribution in [2.24, 2.45) is 0 Å². The first-order valence-electron chi connectivity index (χ1n) is 9.07. The topological polar surface area (TPSA) is 74.3 Å². The minimum absolute atomic E-state index is 0.0519. The lowest BCUT2D eigenvalue weighted by Gasteiger charge is -2.36. The summed E-state index contributed by atoms with van der Waals surface area (Å²) in [4.78, 5) is 27.8. The van der Waals surface area contributed by atoms with Gasteiger partial charge < -0.3 is 18.9 Å². The van der Waals surface area contributed by atoms with E-state index in [0.717, 1.165) is 20.5 Å². The highest BCUT2D eigenvalue weighted by molar-refractivity contribution is 9.10. The molecule has 0 aliphatic carbocycles. The standard InChI is InChI=1S/C21H18BrNO6S2/c1-26-17(24)14-15(18(25)27-2)31-19(30-3)16-21(14,12-6-8-13(22)9-7-12)29-20-23(16)10-4-5-11-28-20/h4-11,20H,1-3H3/t20-,21+/m1/s1. The van der Waals surface area contributed by atoms with E-state index >= 15 is 0 Å². The average molecular weight is 524 g/mol. The third-order valence-electron chi connectivity index (χ3n) is 4.89. The Hall–Kier alpha value is -2.14. The molecule has 1 aromatic carbocycles. The number of hydrogen-bond donors (Lipinski definition) is 0. The smallest absolute Gasteiger partial charge is 0.345 e. The molecule has 0 unspecified atom stereocenters. The van der Waals surface area contributed by atoms with Gasteiger partial charge in [0, 0.05) is 10.7 Å². The van der Waals surface area contributed by atoms with Crippen LogP contribution in [0, 0.1) is 0 Å². The lowest BCUT2D eigenvalue weighted by Crippen LogP contribution is -2.39. The van der Waals surface area contributed by atoms with Gasteiger partial charge in [0.05, 0.1) is 30.4 Å². The summed E-state index contributed by atoms with van der Waals surface area (Å²) in [6.45, 7) is 0. The molecule has 0 saturated carbocycles. The highest BCUT2D eigenvalue weighted by atomic mass is 79.9. The molecule has 0 amide bonds. The summed E-state index contributed by atoms with van der Waals surface area (Å²) in [6, 6.07) is 7.36. The summed E-state index contributed by atoms with van der Waals surface area (Å²) in [5, 5.41) is 0. The van der Waals surface area contributed by atoms with Crippen molar-refractivity contribution in [3.8, 4) is 0 Å². The van der Waals surface area contributed by atoms with Crippen molar-refractivity contribution in [2.45, 2.75) is 12.0 Å². The molecule has 162 valence electrons. The Kier molecular flexibility index (Phi) is 6.25. The van der Waals surface area contributed by atoms with Crippen molar-refractivity contribution < 1.29 is 28.5 Å². The summed E-state index contributed by atoms with van der Waals surface area (Å²) in [5.41, 5.74) is -0.0732. The number of benzene rings is 1. The summed E-state index contributed by atoms with van der Waals surface area (Å²) >= 11 is 6.05. The molecule has 0 bridgehead atoms. The van der Waals surface area contributed by atoms with Gasteiger partial charge in [0.1, 0.15) is 10.5 Å². The molecule has 1 saturated heterocycles. The fourth-order valence-electron chi connectivity index (χ4n) is 3.61. The average Bonchev–Trinajstić information content (AvgIpc) is 2.95. The molecule has 3 heterocycles. The Bertz CT molecular complexity index is 1050. The number of thioether (sulfide) groups is 2. The lowest BCUT2D eigenvalue weighted by atomic mass is 9.82. The lowest BCUT2D eigenvalue weighted by molar-refractivity contribution is -0.170. The minimum atomic E-state index is -1.44. The summed E-state index contributed by atoms with van der Waals surface area (Å²) < 4.78 is 24.0. The van der Waals surface area contributed by atoms with Gasteiger partial charge in [-0.05, 0) is 36.1 Å². The number of rotatable bonds is 4. The van der Waals surface area contributed by atoms with Crippen LogP contribution in [0.4, 0.5) is 0 Å². The third-order valence-corrected chi connectivity index (χ3v) is 7.69. The fourth-order valence-corrected chi connectivity index (χ4v) is 5.93. The van der Waals surface area contributed by atoms with Crippen LogP contribution in [-0.4, -0.2) is 43.7 Å². The molecular formula is C21H18BrNO6S2. The predicted molar refractivity (Wildman–Crippen MR) is 121 cm³/mol. The van der Waals surface area contributed by atoms with Crippen molar-refractivity contribution in [2.75, 3.05) is 20.5 Å². The van der Waals surface area contributed by atoms with E-state index in [2.05, 4.69) is 15.9 Å². The molecule has 31 heavy (non-hydrogen) atoms. The maximum atomic E-state index is 13.1. The van der Waals surface area contributed by atoms with E-state index in [1.165, 1.54) is 32.2 Å². The van der Waals surface area contributed by atoms with Crippen LogP contribution in [0.3, 0.4) is 0 Å². The number of allylic oxidation sites excluding steroid dienone is 2. The third kappa shape index (κ3) is 3.51. The maximum Gasteiger partial charge on any atom is 0.345 e. The highest BCUT2D eigenvalue weighted by Crippen LogP contribution is 2.60. The molecule has 7 nitrogen and oxygen atoms in total. The van der Waals surface area contributed by atoms with Crippen molar-refractivity contribution in [3.05, 3.63) is 79.3 Å². The molecule has 0 spiro atoms. The number of fused-ring (bicyclic) bond motifs is 3. The summed E-state index contributed by atoms with van der Waals surface area (Å²) in [6.07, 6.45) is 7.94. The van der Waals surface area contributed by atoms with Gasteiger partial charge in [-0.25, -0.2) is 9.59 Å². The van der Waals surface area contributed by atoms with Crippen LogP contribution in [0.5, 0.6) is 0 Å². The monoisotopic (exact) mass is 523 g/mol. The first-order chi connectivity index (χ1) is 15.0. The Morgan fingerprint density at radius 1 is 1.16 bits per heavy atom. The molecule has 3 aliphatic heterocycles. The second-order valence-electron chi connectivity index (χ2n) is 6.46. The number of nitrogens with zero attached hydrogens (tertiary/aromatic N) is 1. The van der Waals surface area contributed by atoms with Crippen molar-refractivity contribution in [1.29, 1.82) is 0 Å². The number of halogens is 1. The van der Waals surface area contributed by atoms with E-state index in [1.807, 2.05) is 47.7 Å². The van der Waals surface area contributed by atoms with Crippen molar-refractivity contribution in [3.63, 3.8) is 0 Å². The van der Waals surface area contributed by atoms with Gasteiger partial charge in [0.15, 0.2) is 5.60 Å². The van der Waals surface area contributed by atoms with Crippen LogP contribution in [-0.2, 0) is 34.1 Å². The SMILES string of the molecule is COC(=O)C1=C(C(=O)OC)[C@]2(c3ccc(Br)cc3)O[C@H]3OC=CC=CN3C2=C(SC)S1. The Morgan fingerprint density at radius 2 is 1.87 bits per heavy atom. The van der Waals surface area contributed by atoms with Crippen molar-refractivity contribution >= 4 is 51.4 Å². The maximum absolute atomic E-state index is 13.1. The van der Waals surface area contributed by atoms with Crippen LogP contribution in [0.15, 0.2) is 73.8 Å². The Morgan fingerprint density at radius 3 is 2.52 bits per heavy atom. The molecule has 0 N–H and O–H groups in total. The number of methoxy groups -OCH3 is 2. The second-order valence-corrected chi connectivity index (χ2v) is 9.47. The number of carbonyl (C=O) groups is 2. The first kappa shape index (κ1) is 22.1. The zero-order valence-electron chi connectivity index (χ0n) is 16.8. The molecule has 1 fully saturated rings. The van der Waals surface area contributed by atoms with Crippen LogP contribution < -0.4 is 0 Å². The number of carbonyl (C=O) groups excluding carboxylic acids is 2. The molecule has 0 radical (unpaired) electrons. The number of esters is 2. The summed E-state index contributed by atoms with van der Waals surface area (Å²) in [7, 11) is 2.54. The Labute approximate surface area is 196 Å². The molecule has 4 rings (SSSR count). The van der Waals surface area contributed by atoms with Crippen LogP contribution >= 0.6 is 39.5 Å².